The molecule has 0 amide bonds. The lowest BCUT2D eigenvalue weighted by Gasteiger charge is -2.27. The normalized spacial score (nSPS) is 24.0. The van der Waals surface area contributed by atoms with Gasteiger partial charge in [-0.3, -0.25) is 0 Å². The molecule has 0 radical (unpaired) electrons. The van der Waals surface area contributed by atoms with Crippen molar-refractivity contribution in [2.75, 3.05) is 24.5 Å². The molecular formula is C15H18BrF3N2. The fraction of sp³-hybridized carbons (Fsp3) is 0.600. The van der Waals surface area contributed by atoms with Gasteiger partial charge in [0.15, 0.2) is 0 Å². The first kappa shape index (κ1) is 15.2. The third-order valence-electron chi connectivity index (χ3n) is 4.24. The largest absolute Gasteiger partial charge is 0.417 e. The lowest BCUT2D eigenvalue weighted by atomic mass is 10.1. The number of benzene rings is 1. The van der Waals surface area contributed by atoms with Gasteiger partial charge in [0, 0.05) is 29.3 Å². The van der Waals surface area contributed by atoms with Gasteiger partial charge in [0.2, 0.25) is 0 Å². The Balaban J connectivity index is 1.84. The SMILES string of the molecule is FC(F)(F)c1cc(N2CCCNC(C3CC3)C2)ccc1Br. The summed E-state index contributed by atoms with van der Waals surface area (Å²) in [5.74, 6) is 0.697. The molecule has 2 aliphatic rings. The van der Waals surface area contributed by atoms with Gasteiger partial charge in [-0.05, 0) is 49.9 Å². The molecular weight excluding hydrogens is 345 g/mol. The van der Waals surface area contributed by atoms with Crippen LogP contribution in [0.1, 0.15) is 24.8 Å². The number of nitrogens with one attached hydrogen (secondary N) is 1. The number of hydrogen-bond donors (Lipinski definition) is 1. The lowest BCUT2D eigenvalue weighted by molar-refractivity contribution is -0.138. The van der Waals surface area contributed by atoms with Gasteiger partial charge in [0.1, 0.15) is 0 Å². The second kappa shape index (κ2) is 5.80. The van der Waals surface area contributed by atoms with Gasteiger partial charge in [-0.15, -0.1) is 0 Å². The predicted octanol–water partition coefficient (Wildman–Crippen LogP) is 4.05. The molecule has 0 bridgehead atoms. The number of alkyl halides is 3. The highest BCUT2D eigenvalue weighted by molar-refractivity contribution is 9.10. The summed E-state index contributed by atoms with van der Waals surface area (Å²) >= 11 is 3.00. The lowest BCUT2D eigenvalue weighted by Crippen LogP contribution is -2.39. The molecule has 3 rings (SSSR count). The topological polar surface area (TPSA) is 15.3 Å². The van der Waals surface area contributed by atoms with E-state index in [1.807, 2.05) is 0 Å². The van der Waals surface area contributed by atoms with Gasteiger partial charge in [0.25, 0.3) is 0 Å². The van der Waals surface area contributed by atoms with Gasteiger partial charge in [0.05, 0.1) is 5.56 Å². The summed E-state index contributed by atoms with van der Waals surface area (Å²) in [7, 11) is 0. The molecule has 116 valence electrons. The van der Waals surface area contributed by atoms with Crippen molar-refractivity contribution < 1.29 is 13.2 Å². The van der Waals surface area contributed by atoms with E-state index < -0.39 is 11.7 Å². The van der Waals surface area contributed by atoms with Crippen molar-refractivity contribution in [1.82, 2.24) is 5.32 Å². The molecule has 1 aliphatic carbocycles. The first-order valence-corrected chi connectivity index (χ1v) is 8.09. The van der Waals surface area contributed by atoms with Crippen LogP contribution in [0.2, 0.25) is 0 Å². The summed E-state index contributed by atoms with van der Waals surface area (Å²) in [5.41, 5.74) is 0.0695. The van der Waals surface area contributed by atoms with Crippen molar-refractivity contribution >= 4 is 21.6 Å². The zero-order chi connectivity index (χ0) is 15.0. The highest BCUT2D eigenvalue weighted by Crippen LogP contribution is 2.38. The average Bonchev–Trinajstić information content (AvgIpc) is 3.24. The molecule has 1 N–H and O–H groups in total. The molecule has 1 aliphatic heterocycles. The zero-order valence-electron chi connectivity index (χ0n) is 11.6. The van der Waals surface area contributed by atoms with Crippen LogP contribution in [-0.2, 0) is 6.18 Å². The van der Waals surface area contributed by atoms with E-state index in [1.54, 1.807) is 6.07 Å². The van der Waals surface area contributed by atoms with E-state index in [0.717, 1.165) is 26.1 Å². The molecule has 21 heavy (non-hydrogen) atoms. The van der Waals surface area contributed by atoms with Crippen LogP contribution in [0, 0.1) is 5.92 Å². The third-order valence-corrected chi connectivity index (χ3v) is 4.93. The van der Waals surface area contributed by atoms with E-state index in [9.17, 15) is 13.2 Å². The van der Waals surface area contributed by atoms with Crippen LogP contribution in [0.3, 0.4) is 0 Å². The Labute approximate surface area is 130 Å². The molecule has 1 unspecified atom stereocenters. The van der Waals surface area contributed by atoms with Crippen molar-refractivity contribution in [2.45, 2.75) is 31.5 Å². The molecule has 1 saturated heterocycles. The Kier molecular flexibility index (Phi) is 4.19. The quantitative estimate of drug-likeness (QED) is 0.853. The van der Waals surface area contributed by atoms with Crippen molar-refractivity contribution in [3.05, 3.63) is 28.2 Å². The van der Waals surface area contributed by atoms with Gasteiger partial charge >= 0.3 is 6.18 Å². The van der Waals surface area contributed by atoms with Gasteiger partial charge < -0.3 is 10.2 Å². The Hall–Kier alpha value is -0.750. The van der Waals surface area contributed by atoms with E-state index in [2.05, 4.69) is 26.1 Å². The maximum atomic E-state index is 13.0. The molecule has 1 heterocycles. The summed E-state index contributed by atoms with van der Waals surface area (Å²) in [6, 6.07) is 4.95. The predicted molar refractivity (Wildman–Crippen MR) is 80.5 cm³/mol. The van der Waals surface area contributed by atoms with E-state index in [0.29, 0.717) is 17.6 Å². The van der Waals surface area contributed by atoms with Crippen molar-refractivity contribution in [2.24, 2.45) is 5.92 Å². The Morgan fingerprint density at radius 3 is 2.67 bits per heavy atom. The monoisotopic (exact) mass is 362 g/mol. The molecule has 2 nitrogen and oxygen atoms in total. The number of hydrogen-bond acceptors (Lipinski definition) is 2. The molecule has 1 aromatic rings. The van der Waals surface area contributed by atoms with Crippen LogP contribution >= 0.6 is 15.9 Å². The van der Waals surface area contributed by atoms with E-state index in [-0.39, 0.29) is 4.47 Å². The Morgan fingerprint density at radius 2 is 2.00 bits per heavy atom. The van der Waals surface area contributed by atoms with Crippen molar-refractivity contribution in [3.8, 4) is 0 Å². The zero-order valence-corrected chi connectivity index (χ0v) is 13.2. The summed E-state index contributed by atoms with van der Waals surface area (Å²) < 4.78 is 39.2. The number of anilines is 1. The molecule has 1 atom stereocenters. The third kappa shape index (κ3) is 3.54. The van der Waals surface area contributed by atoms with Gasteiger partial charge in [-0.2, -0.15) is 13.2 Å². The fourth-order valence-corrected chi connectivity index (χ4v) is 3.40. The first-order chi connectivity index (χ1) is 9.95. The molecule has 0 spiro atoms. The Morgan fingerprint density at radius 1 is 1.24 bits per heavy atom. The smallest absolute Gasteiger partial charge is 0.370 e. The van der Waals surface area contributed by atoms with Crippen LogP contribution < -0.4 is 10.2 Å². The van der Waals surface area contributed by atoms with Crippen LogP contribution in [-0.4, -0.2) is 25.7 Å². The maximum absolute atomic E-state index is 13.0. The standard InChI is InChI=1S/C15H18BrF3N2/c16-13-5-4-11(8-12(13)15(17,18)19)21-7-1-6-20-14(9-21)10-2-3-10/h4-5,8,10,14,20H,1-3,6-7,9H2. The van der Waals surface area contributed by atoms with Crippen LogP contribution in [0.4, 0.5) is 18.9 Å². The minimum atomic E-state index is -4.32. The summed E-state index contributed by atoms with van der Waals surface area (Å²) in [4.78, 5) is 2.09. The summed E-state index contributed by atoms with van der Waals surface area (Å²) in [6.45, 7) is 2.54. The van der Waals surface area contributed by atoms with Crippen LogP contribution in [0.25, 0.3) is 0 Å². The number of rotatable bonds is 2. The summed E-state index contributed by atoms with van der Waals surface area (Å²) in [6.07, 6.45) is -0.894. The highest BCUT2D eigenvalue weighted by Gasteiger charge is 2.35. The first-order valence-electron chi connectivity index (χ1n) is 7.30. The van der Waals surface area contributed by atoms with Crippen molar-refractivity contribution in [1.29, 1.82) is 0 Å². The van der Waals surface area contributed by atoms with E-state index in [4.69, 9.17) is 0 Å². The van der Waals surface area contributed by atoms with Crippen molar-refractivity contribution in [3.63, 3.8) is 0 Å². The minimum Gasteiger partial charge on any atom is -0.370 e. The van der Waals surface area contributed by atoms with Gasteiger partial charge in [-0.1, -0.05) is 15.9 Å². The highest BCUT2D eigenvalue weighted by atomic mass is 79.9. The second-order valence-corrected chi connectivity index (χ2v) is 6.71. The molecule has 1 saturated carbocycles. The molecule has 2 fully saturated rings. The fourth-order valence-electron chi connectivity index (χ4n) is 2.93. The average molecular weight is 363 g/mol. The van der Waals surface area contributed by atoms with Crippen LogP contribution in [0.5, 0.6) is 0 Å². The van der Waals surface area contributed by atoms with E-state index in [1.165, 1.54) is 25.0 Å². The number of halogens is 4. The second-order valence-electron chi connectivity index (χ2n) is 5.86. The molecule has 0 aromatic heterocycles. The van der Waals surface area contributed by atoms with Gasteiger partial charge in [-0.25, -0.2) is 0 Å². The maximum Gasteiger partial charge on any atom is 0.417 e. The number of nitrogens with zero attached hydrogens (tertiary/aromatic N) is 1. The van der Waals surface area contributed by atoms with Crippen LogP contribution in [0.15, 0.2) is 22.7 Å². The minimum absolute atomic E-state index is 0.102. The summed E-state index contributed by atoms with van der Waals surface area (Å²) in [5, 5.41) is 3.53. The van der Waals surface area contributed by atoms with E-state index >= 15 is 0 Å². The Bertz CT molecular complexity index is 514. The molecule has 1 aromatic carbocycles. The molecule has 6 heteroatoms.